The van der Waals surface area contributed by atoms with E-state index >= 15 is 0 Å². The van der Waals surface area contributed by atoms with Crippen LogP contribution in [0, 0.1) is 0 Å². The van der Waals surface area contributed by atoms with Crippen LogP contribution in [0.4, 0.5) is 31.9 Å². The van der Waals surface area contributed by atoms with Crippen LogP contribution in [0.25, 0.3) is 22.0 Å². The fraction of sp³-hybridized carbons (Fsp3) is 0.185. The van der Waals surface area contributed by atoms with Crippen molar-refractivity contribution in [1.29, 1.82) is 0 Å². The summed E-state index contributed by atoms with van der Waals surface area (Å²) >= 11 is 0. The second-order valence-electron chi connectivity index (χ2n) is 8.76. The number of amides is 1. The van der Waals surface area contributed by atoms with Crippen molar-refractivity contribution in [2.75, 3.05) is 48.8 Å². The molecule has 2 N–H and O–H groups in total. The van der Waals surface area contributed by atoms with E-state index in [2.05, 4.69) is 37.4 Å². The second kappa shape index (κ2) is 10.7. The highest BCUT2D eigenvalue weighted by Crippen LogP contribution is 2.30. The Balaban J connectivity index is 1.38. The molecule has 0 aliphatic carbocycles. The van der Waals surface area contributed by atoms with Gasteiger partial charge in [-0.05, 0) is 36.9 Å². The summed E-state index contributed by atoms with van der Waals surface area (Å²) in [5.41, 5.74) is 3.47. The first-order chi connectivity index (χ1) is 17.9. The molecule has 1 aliphatic rings. The standard InChI is InChI=1S/C27H25F2N7O/c1-35-10-12-36(13-11-35)24-9-8-21(17-30-24)33-27-31-16-19-5-3-7-22(26(19)34-27)18-4-2-6-20(14-18)32-25(37)15-23(28)29/h2-9,14-17H,10-13H2,1H3,(H,32,37)(H,31,33,34). The molecule has 10 heteroatoms. The Morgan fingerprint density at radius 2 is 1.76 bits per heavy atom. The molecule has 0 unspecified atom stereocenters. The van der Waals surface area contributed by atoms with Gasteiger partial charge in [0.2, 0.25) is 5.95 Å². The summed E-state index contributed by atoms with van der Waals surface area (Å²) in [5.74, 6) is 0.468. The second-order valence-corrected chi connectivity index (χ2v) is 8.76. The molecule has 1 aliphatic heterocycles. The van der Waals surface area contributed by atoms with E-state index in [1.54, 1.807) is 30.6 Å². The van der Waals surface area contributed by atoms with Gasteiger partial charge >= 0.3 is 0 Å². The summed E-state index contributed by atoms with van der Waals surface area (Å²) < 4.78 is 24.8. The Labute approximate surface area is 212 Å². The molecule has 8 nitrogen and oxygen atoms in total. The van der Waals surface area contributed by atoms with Crippen LogP contribution in [0.3, 0.4) is 0 Å². The van der Waals surface area contributed by atoms with Crippen molar-refractivity contribution in [1.82, 2.24) is 19.9 Å². The van der Waals surface area contributed by atoms with E-state index in [4.69, 9.17) is 4.98 Å². The number of pyridine rings is 1. The van der Waals surface area contributed by atoms with E-state index in [1.807, 2.05) is 36.4 Å². The van der Waals surface area contributed by atoms with Crippen molar-refractivity contribution in [3.8, 4) is 11.1 Å². The highest BCUT2D eigenvalue weighted by atomic mass is 19.3. The van der Waals surface area contributed by atoms with Gasteiger partial charge in [0.25, 0.3) is 12.0 Å². The number of fused-ring (bicyclic) bond motifs is 1. The number of likely N-dealkylation sites (N-methyl/N-ethyl adjacent to an activating group) is 1. The minimum absolute atomic E-state index is 0.252. The monoisotopic (exact) mass is 501 g/mol. The van der Waals surface area contributed by atoms with Gasteiger partial charge in [-0.1, -0.05) is 30.3 Å². The number of anilines is 4. The minimum atomic E-state index is -2.05. The van der Waals surface area contributed by atoms with Gasteiger partial charge in [-0.15, -0.1) is 0 Å². The molecule has 0 spiro atoms. The van der Waals surface area contributed by atoms with Crippen LogP contribution in [0.5, 0.6) is 0 Å². The minimum Gasteiger partial charge on any atom is -0.354 e. The molecule has 37 heavy (non-hydrogen) atoms. The zero-order valence-corrected chi connectivity index (χ0v) is 20.2. The molecule has 1 amide bonds. The summed E-state index contributed by atoms with van der Waals surface area (Å²) in [4.78, 5) is 30.1. The number of piperazine rings is 1. The average molecular weight is 502 g/mol. The number of aromatic nitrogens is 3. The van der Waals surface area contributed by atoms with E-state index < -0.39 is 12.0 Å². The molecule has 1 fully saturated rings. The lowest BCUT2D eigenvalue weighted by atomic mass is 10.0. The maximum Gasteiger partial charge on any atom is 0.275 e. The zero-order chi connectivity index (χ0) is 25.8. The third-order valence-corrected chi connectivity index (χ3v) is 6.12. The Morgan fingerprint density at radius 1 is 0.946 bits per heavy atom. The normalized spacial score (nSPS) is 13.9. The molecule has 0 saturated carbocycles. The number of nitrogens with one attached hydrogen (secondary N) is 2. The zero-order valence-electron chi connectivity index (χ0n) is 20.2. The highest BCUT2D eigenvalue weighted by Gasteiger charge is 2.15. The Kier molecular flexibility index (Phi) is 7.00. The Hall–Kier alpha value is -4.44. The van der Waals surface area contributed by atoms with Crippen LogP contribution in [0.1, 0.15) is 0 Å². The van der Waals surface area contributed by atoms with E-state index in [-0.39, 0.29) is 6.08 Å². The summed E-state index contributed by atoms with van der Waals surface area (Å²) in [5, 5.41) is 6.51. The first-order valence-electron chi connectivity index (χ1n) is 11.8. The molecule has 1 saturated heterocycles. The van der Waals surface area contributed by atoms with Crippen LogP contribution < -0.4 is 15.5 Å². The van der Waals surface area contributed by atoms with Gasteiger partial charge < -0.3 is 20.4 Å². The number of nitrogens with zero attached hydrogens (tertiary/aromatic N) is 5. The molecular weight excluding hydrogens is 476 g/mol. The Bertz CT molecular complexity index is 1450. The predicted molar refractivity (Wildman–Crippen MR) is 141 cm³/mol. The van der Waals surface area contributed by atoms with E-state index in [0.29, 0.717) is 17.2 Å². The summed E-state index contributed by atoms with van der Waals surface area (Å²) in [6.07, 6.45) is 1.71. The lowest BCUT2D eigenvalue weighted by Gasteiger charge is -2.33. The highest BCUT2D eigenvalue weighted by molar-refractivity contribution is 6.00. The quantitative estimate of drug-likeness (QED) is 0.363. The molecule has 3 heterocycles. The number of hydrogen-bond acceptors (Lipinski definition) is 7. The van der Waals surface area contributed by atoms with E-state index in [1.165, 1.54) is 0 Å². The fourth-order valence-electron chi connectivity index (χ4n) is 4.20. The third-order valence-electron chi connectivity index (χ3n) is 6.12. The van der Waals surface area contributed by atoms with Crippen LogP contribution in [-0.2, 0) is 4.79 Å². The number of carbonyl (C=O) groups excluding carboxylic acids is 1. The van der Waals surface area contributed by atoms with Gasteiger partial charge in [-0.2, -0.15) is 8.78 Å². The van der Waals surface area contributed by atoms with Crippen molar-refractivity contribution < 1.29 is 13.6 Å². The molecule has 188 valence electrons. The number of carbonyl (C=O) groups is 1. The van der Waals surface area contributed by atoms with Crippen LogP contribution >= 0.6 is 0 Å². The molecule has 0 atom stereocenters. The smallest absolute Gasteiger partial charge is 0.275 e. The van der Waals surface area contributed by atoms with E-state index in [9.17, 15) is 13.6 Å². The first kappa shape index (κ1) is 24.3. The van der Waals surface area contributed by atoms with Gasteiger partial charge in [0, 0.05) is 49.0 Å². The van der Waals surface area contributed by atoms with Crippen molar-refractivity contribution in [2.45, 2.75) is 0 Å². The lowest BCUT2D eigenvalue weighted by Crippen LogP contribution is -2.44. The molecular formula is C27H25F2N7O. The van der Waals surface area contributed by atoms with Gasteiger partial charge in [0.15, 0.2) is 0 Å². The Morgan fingerprint density at radius 3 is 2.51 bits per heavy atom. The maximum absolute atomic E-state index is 12.4. The van der Waals surface area contributed by atoms with Crippen molar-refractivity contribution >= 4 is 40.0 Å². The maximum atomic E-state index is 12.4. The number of hydrogen-bond donors (Lipinski definition) is 2. The summed E-state index contributed by atoms with van der Waals surface area (Å²) in [7, 11) is 2.12. The van der Waals surface area contributed by atoms with Crippen LogP contribution in [-0.4, -0.2) is 59.0 Å². The van der Waals surface area contributed by atoms with Gasteiger partial charge in [0.05, 0.1) is 23.5 Å². The van der Waals surface area contributed by atoms with Crippen molar-refractivity contribution in [3.05, 3.63) is 79.1 Å². The van der Waals surface area contributed by atoms with Gasteiger partial charge in [-0.3, -0.25) is 4.79 Å². The average Bonchev–Trinajstić information content (AvgIpc) is 2.89. The number of halogens is 2. The molecule has 0 radical (unpaired) electrons. The number of benzene rings is 2. The van der Waals surface area contributed by atoms with Gasteiger partial charge in [-0.25, -0.2) is 15.0 Å². The lowest BCUT2D eigenvalue weighted by molar-refractivity contribution is -0.112. The van der Waals surface area contributed by atoms with E-state index in [0.717, 1.165) is 54.2 Å². The molecule has 0 bridgehead atoms. The summed E-state index contributed by atoms with van der Waals surface area (Å²) in [6.45, 7) is 3.91. The first-order valence-corrected chi connectivity index (χ1v) is 11.8. The van der Waals surface area contributed by atoms with Crippen molar-refractivity contribution in [2.24, 2.45) is 0 Å². The third kappa shape index (κ3) is 5.87. The largest absolute Gasteiger partial charge is 0.354 e. The van der Waals surface area contributed by atoms with Crippen molar-refractivity contribution in [3.63, 3.8) is 0 Å². The van der Waals surface area contributed by atoms with Crippen LogP contribution in [0.2, 0.25) is 0 Å². The topological polar surface area (TPSA) is 86.3 Å². The van der Waals surface area contributed by atoms with Gasteiger partial charge in [0.1, 0.15) is 5.82 Å². The molecule has 2 aromatic heterocycles. The SMILES string of the molecule is CN1CCN(c2ccc(Nc3ncc4cccc(-c5cccc(NC(=O)C=C(F)F)c5)c4n3)cn2)CC1. The fourth-order valence-corrected chi connectivity index (χ4v) is 4.20. The predicted octanol–water partition coefficient (Wildman–Crippen LogP) is 4.91. The number of rotatable bonds is 6. The molecule has 5 rings (SSSR count). The molecule has 4 aromatic rings. The van der Waals surface area contributed by atoms with Crippen LogP contribution in [0.15, 0.2) is 79.1 Å². The summed E-state index contributed by atoms with van der Waals surface area (Å²) in [6, 6.07) is 16.6. The number of para-hydroxylation sites is 1. The molecule has 2 aromatic carbocycles.